The highest BCUT2D eigenvalue weighted by molar-refractivity contribution is 9.10. The van der Waals surface area contributed by atoms with Gasteiger partial charge in [-0.1, -0.05) is 42.6 Å². The van der Waals surface area contributed by atoms with E-state index in [1.807, 2.05) is 0 Å². The summed E-state index contributed by atoms with van der Waals surface area (Å²) in [6, 6.07) is 7.24. The Hall–Kier alpha value is -0.500. The topological polar surface area (TPSA) is 12.0 Å². The molecule has 0 saturated heterocycles. The van der Waals surface area contributed by atoms with Gasteiger partial charge in [-0.25, -0.2) is 0 Å². The normalized spacial score (nSPS) is 24.3. The lowest BCUT2D eigenvalue weighted by atomic mass is 9.78. The molecule has 1 aromatic carbocycles. The van der Waals surface area contributed by atoms with Gasteiger partial charge in [-0.15, -0.1) is 0 Å². The Kier molecular flexibility index (Phi) is 4.71. The summed E-state index contributed by atoms with van der Waals surface area (Å²) in [6.45, 7) is 6.87. The molecule has 1 saturated carbocycles. The predicted octanol–water partition coefficient (Wildman–Crippen LogP) is 5.38. The highest BCUT2D eigenvalue weighted by Crippen LogP contribution is 2.33. The lowest BCUT2D eigenvalue weighted by Crippen LogP contribution is -2.35. The van der Waals surface area contributed by atoms with Crippen LogP contribution in [0.2, 0.25) is 0 Å². The number of benzene rings is 1. The van der Waals surface area contributed by atoms with Gasteiger partial charge in [-0.3, -0.25) is 0 Å². The minimum atomic E-state index is 0.646. The first-order valence-electron chi connectivity index (χ1n) is 7.10. The maximum absolute atomic E-state index is 3.76. The molecule has 18 heavy (non-hydrogen) atoms. The monoisotopic (exact) mass is 309 g/mol. The van der Waals surface area contributed by atoms with Crippen molar-refractivity contribution in [3.05, 3.63) is 28.2 Å². The summed E-state index contributed by atoms with van der Waals surface area (Å²) >= 11 is 3.58. The van der Waals surface area contributed by atoms with Crippen LogP contribution in [0.15, 0.2) is 22.7 Å². The summed E-state index contributed by atoms with van der Waals surface area (Å²) in [7, 11) is 0. The van der Waals surface area contributed by atoms with E-state index in [0.29, 0.717) is 6.04 Å². The first kappa shape index (κ1) is 13.9. The Morgan fingerprint density at radius 1 is 1.17 bits per heavy atom. The van der Waals surface area contributed by atoms with Gasteiger partial charge in [-0.05, 0) is 55.4 Å². The SMILES string of the molecule is Cc1cc(Br)cc(NC2CCCCC2C(C)C)c1. The molecule has 0 aliphatic heterocycles. The van der Waals surface area contributed by atoms with Crippen LogP contribution in [0.4, 0.5) is 5.69 Å². The van der Waals surface area contributed by atoms with Gasteiger partial charge in [0.25, 0.3) is 0 Å². The molecule has 1 aromatic rings. The van der Waals surface area contributed by atoms with Gasteiger partial charge < -0.3 is 5.32 Å². The minimum Gasteiger partial charge on any atom is -0.382 e. The fourth-order valence-electron chi connectivity index (χ4n) is 3.17. The molecule has 2 heteroatoms. The van der Waals surface area contributed by atoms with E-state index in [1.54, 1.807) is 0 Å². The lowest BCUT2D eigenvalue weighted by molar-refractivity contribution is 0.254. The van der Waals surface area contributed by atoms with Crippen LogP contribution in [0.5, 0.6) is 0 Å². The molecule has 2 unspecified atom stereocenters. The Labute approximate surface area is 119 Å². The molecular formula is C16H24BrN. The minimum absolute atomic E-state index is 0.646. The molecule has 1 fully saturated rings. The summed E-state index contributed by atoms with van der Waals surface area (Å²) in [6.07, 6.45) is 5.46. The average Bonchev–Trinajstić information content (AvgIpc) is 2.27. The molecule has 2 atom stereocenters. The second-order valence-corrected chi connectivity index (χ2v) is 6.88. The maximum atomic E-state index is 3.76. The zero-order valence-electron chi connectivity index (χ0n) is 11.7. The Balaban J connectivity index is 2.10. The molecule has 1 aliphatic carbocycles. The summed E-state index contributed by atoms with van der Waals surface area (Å²) in [5, 5.41) is 3.76. The van der Waals surface area contributed by atoms with E-state index in [-0.39, 0.29) is 0 Å². The standard InChI is InChI=1S/C16H24BrN/c1-11(2)15-6-4-5-7-16(15)18-14-9-12(3)8-13(17)10-14/h8-11,15-16,18H,4-7H2,1-3H3. The van der Waals surface area contributed by atoms with Crippen molar-refractivity contribution in [2.75, 3.05) is 5.32 Å². The van der Waals surface area contributed by atoms with Crippen LogP contribution in [0, 0.1) is 18.8 Å². The van der Waals surface area contributed by atoms with Gasteiger partial charge in [0, 0.05) is 16.2 Å². The molecule has 1 nitrogen and oxygen atoms in total. The molecule has 0 radical (unpaired) electrons. The fourth-order valence-corrected chi connectivity index (χ4v) is 3.78. The van der Waals surface area contributed by atoms with Crippen LogP contribution in [-0.2, 0) is 0 Å². The van der Waals surface area contributed by atoms with Crippen LogP contribution < -0.4 is 5.32 Å². The molecule has 0 heterocycles. The third kappa shape index (κ3) is 3.50. The van der Waals surface area contributed by atoms with Crippen molar-refractivity contribution < 1.29 is 0 Å². The van der Waals surface area contributed by atoms with Gasteiger partial charge in [-0.2, -0.15) is 0 Å². The fraction of sp³-hybridized carbons (Fsp3) is 0.625. The van der Waals surface area contributed by atoms with Gasteiger partial charge in [0.2, 0.25) is 0 Å². The molecule has 0 aromatic heterocycles. The molecule has 0 spiro atoms. The van der Waals surface area contributed by atoms with E-state index < -0.39 is 0 Å². The number of hydrogen-bond acceptors (Lipinski definition) is 1. The van der Waals surface area contributed by atoms with Crippen LogP contribution in [0.1, 0.15) is 45.1 Å². The van der Waals surface area contributed by atoms with E-state index in [2.05, 4.69) is 60.2 Å². The zero-order valence-corrected chi connectivity index (χ0v) is 13.3. The van der Waals surface area contributed by atoms with E-state index in [9.17, 15) is 0 Å². The third-order valence-corrected chi connectivity index (χ3v) is 4.53. The highest BCUT2D eigenvalue weighted by Gasteiger charge is 2.27. The zero-order chi connectivity index (χ0) is 13.1. The maximum Gasteiger partial charge on any atom is 0.0356 e. The number of aryl methyl sites for hydroxylation is 1. The Bertz CT molecular complexity index is 380. The van der Waals surface area contributed by atoms with Crippen molar-refractivity contribution in [1.82, 2.24) is 0 Å². The summed E-state index contributed by atoms with van der Waals surface area (Å²) in [5.41, 5.74) is 2.57. The van der Waals surface area contributed by atoms with Crippen molar-refractivity contribution in [2.24, 2.45) is 11.8 Å². The molecule has 0 amide bonds. The second kappa shape index (κ2) is 6.10. The largest absolute Gasteiger partial charge is 0.382 e. The van der Waals surface area contributed by atoms with Crippen molar-refractivity contribution in [3.63, 3.8) is 0 Å². The van der Waals surface area contributed by atoms with E-state index in [0.717, 1.165) is 11.8 Å². The third-order valence-electron chi connectivity index (χ3n) is 4.07. The van der Waals surface area contributed by atoms with Gasteiger partial charge in [0.05, 0.1) is 0 Å². The van der Waals surface area contributed by atoms with Crippen molar-refractivity contribution >= 4 is 21.6 Å². The quantitative estimate of drug-likeness (QED) is 0.790. The van der Waals surface area contributed by atoms with Crippen molar-refractivity contribution in [2.45, 2.75) is 52.5 Å². The Morgan fingerprint density at radius 3 is 2.56 bits per heavy atom. The predicted molar refractivity (Wildman–Crippen MR) is 83.1 cm³/mol. The lowest BCUT2D eigenvalue weighted by Gasteiger charge is -2.35. The molecule has 100 valence electrons. The number of anilines is 1. The second-order valence-electron chi connectivity index (χ2n) is 5.96. The summed E-state index contributed by atoms with van der Waals surface area (Å²) < 4.78 is 1.17. The molecule has 1 aliphatic rings. The molecule has 2 rings (SSSR count). The average molecular weight is 310 g/mol. The van der Waals surface area contributed by atoms with Crippen molar-refractivity contribution in [3.8, 4) is 0 Å². The van der Waals surface area contributed by atoms with Crippen LogP contribution >= 0.6 is 15.9 Å². The van der Waals surface area contributed by atoms with Crippen molar-refractivity contribution in [1.29, 1.82) is 0 Å². The van der Waals surface area contributed by atoms with E-state index >= 15 is 0 Å². The smallest absolute Gasteiger partial charge is 0.0356 e. The van der Waals surface area contributed by atoms with E-state index in [4.69, 9.17) is 0 Å². The number of hydrogen-bond donors (Lipinski definition) is 1. The van der Waals surface area contributed by atoms with Gasteiger partial charge in [0.1, 0.15) is 0 Å². The first-order valence-corrected chi connectivity index (χ1v) is 7.89. The van der Waals surface area contributed by atoms with Crippen LogP contribution in [0.25, 0.3) is 0 Å². The molecular weight excluding hydrogens is 286 g/mol. The number of halogens is 1. The summed E-state index contributed by atoms with van der Waals surface area (Å²) in [5.74, 6) is 1.59. The molecule has 0 bridgehead atoms. The number of nitrogens with one attached hydrogen (secondary N) is 1. The van der Waals surface area contributed by atoms with E-state index in [1.165, 1.54) is 41.4 Å². The first-order chi connectivity index (χ1) is 8.56. The Morgan fingerprint density at radius 2 is 1.89 bits per heavy atom. The number of rotatable bonds is 3. The van der Waals surface area contributed by atoms with Crippen LogP contribution in [-0.4, -0.2) is 6.04 Å². The van der Waals surface area contributed by atoms with Crippen LogP contribution in [0.3, 0.4) is 0 Å². The highest BCUT2D eigenvalue weighted by atomic mass is 79.9. The molecule has 1 N–H and O–H groups in total. The van der Waals surface area contributed by atoms with Gasteiger partial charge >= 0.3 is 0 Å². The summed E-state index contributed by atoms with van der Waals surface area (Å²) in [4.78, 5) is 0. The van der Waals surface area contributed by atoms with Gasteiger partial charge in [0.15, 0.2) is 0 Å².